The summed E-state index contributed by atoms with van der Waals surface area (Å²) in [6.07, 6.45) is 0. The summed E-state index contributed by atoms with van der Waals surface area (Å²) in [4.78, 5) is 12.6. The molecule has 0 aliphatic heterocycles. The molecule has 1 atom stereocenters. The number of carbonyl (C=O) groups is 1. The fourth-order valence-electron chi connectivity index (χ4n) is 2.99. The minimum atomic E-state index is -3.82. The second-order valence-electron chi connectivity index (χ2n) is 6.72. The normalized spacial score (nSPS) is 12.7. The van der Waals surface area contributed by atoms with Gasteiger partial charge in [0, 0.05) is 5.69 Å². The number of hydrogen-bond acceptors (Lipinski definition) is 3. The molecule has 0 aromatic heterocycles. The third kappa shape index (κ3) is 4.53. The Bertz CT molecular complexity index is 1090. The first-order valence-electron chi connectivity index (χ1n) is 8.65. The molecule has 3 aromatic carbocycles. The molecule has 0 spiro atoms. The van der Waals surface area contributed by atoms with Crippen molar-refractivity contribution in [3.05, 3.63) is 71.8 Å². The molecule has 3 rings (SSSR count). The molecule has 1 amide bonds. The number of anilines is 1. The molecule has 0 saturated carbocycles. The lowest BCUT2D eigenvalue weighted by molar-refractivity contribution is -0.117. The standard InChI is InChI=1S/C21H22N2O3S/c1-14-10-15(2)12-19(11-14)22-21(24)16(3)23-27(25,26)20-9-8-17-6-4-5-7-18(17)13-20/h4-13,16,23H,1-3H3,(H,22,24)/t16-/m1/s1. The van der Waals surface area contributed by atoms with Gasteiger partial charge in [-0.3, -0.25) is 4.79 Å². The van der Waals surface area contributed by atoms with E-state index >= 15 is 0 Å². The van der Waals surface area contributed by atoms with E-state index in [-0.39, 0.29) is 4.90 Å². The Morgan fingerprint density at radius 3 is 2.19 bits per heavy atom. The predicted molar refractivity (Wildman–Crippen MR) is 108 cm³/mol. The second-order valence-corrected chi connectivity index (χ2v) is 8.43. The van der Waals surface area contributed by atoms with Crippen LogP contribution in [0, 0.1) is 13.8 Å². The Balaban J connectivity index is 1.76. The summed E-state index contributed by atoms with van der Waals surface area (Å²) in [6, 6.07) is 17.2. The van der Waals surface area contributed by atoms with Gasteiger partial charge in [0.05, 0.1) is 10.9 Å². The van der Waals surface area contributed by atoms with Crippen molar-refractivity contribution in [2.75, 3.05) is 5.32 Å². The number of fused-ring (bicyclic) bond motifs is 1. The summed E-state index contributed by atoms with van der Waals surface area (Å²) in [5, 5.41) is 4.54. The Morgan fingerprint density at radius 2 is 1.52 bits per heavy atom. The zero-order valence-electron chi connectivity index (χ0n) is 15.5. The van der Waals surface area contributed by atoms with Gasteiger partial charge >= 0.3 is 0 Å². The molecule has 0 radical (unpaired) electrons. The van der Waals surface area contributed by atoms with Crippen molar-refractivity contribution >= 4 is 32.4 Å². The van der Waals surface area contributed by atoms with Gasteiger partial charge in [-0.15, -0.1) is 0 Å². The molecule has 0 unspecified atom stereocenters. The lowest BCUT2D eigenvalue weighted by atomic mass is 10.1. The molecule has 0 heterocycles. The van der Waals surface area contributed by atoms with Crippen molar-refractivity contribution < 1.29 is 13.2 Å². The first-order valence-corrected chi connectivity index (χ1v) is 10.1. The van der Waals surface area contributed by atoms with Gasteiger partial charge in [-0.05, 0) is 66.9 Å². The van der Waals surface area contributed by atoms with Gasteiger partial charge in [0.15, 0.2) is 0 Å². The van der Waals surface area contributed by atoms with E-state index in [1.807, 2.05) is 56.3 Å². The van der Waals surface area contributed by atoms with Crippen LogP contribution in [0.3, 0.4) is 0 Å². The highest BCUT2D eigenvalue weighted by molar-refractivity contribution is 7.89. The van der Waals surface area contributed by atoms with Gasteiger partial charge in [-0.1, -0.05) is 36.4 Å². The van der Waals surface area contributed by atoms with Crippen LogP contribution >= 0.6 is 0 Å². The van der Waals surface area contributed by atoms with Crippen LogP contribution in [0.15, 0.2) is 65.6 Å². The highest BCUT2D eigenvalue weighted by atomic mass is 32.2. The summed E-state index contributed by atoms with van der Waals surface area (Å²) in [6.45, 7) is 5.40. The molecule has 3 aromatic rings. The molecule has 0 aliphatic carbocycles. The topological polar surface area (TPSA) is 75.3 Å². The van der Waals surface area contributed by atoms with Gasteiger partial charge in [0.2, 0.25) is 15.9 Å². The van der Waals surface area contributed by atoms with E-state index in [9.17, 15) is 13.2 Å². The molecular formula is C21H22N2O3S. The fraction of sp³-hybridized carbons (Fsp3) is 0.190. The predicted octanol–water partition coefficient (Wildman–Crippen LogP) is 3.76. The van der Waals surface area contributed by atoms with Crippen LogP contribution in [-0.4, -0.2) is 20.4 Å². The maximum atomic E-state index is 12.7. The molecule has 0 aliphatic rings. The molecule has 0 bridgehead atoms. The maximum absolute atomic E-state index is 12.7. The largest absolute Gasteiger partial charge is 0.325 e. The van der Waals surface area contributed by atoms with E-state index in [1.54, 1.807) is 18.2 Å². The smallest absolute Gasteiger partial charge is 0.242 e. The molecule has 140 valence electrons. The average molecular weight is 382 g/mol. The summed E-state index contributed by atoms with van der Waals surface area (Å²) < 4.78 is 27.8. The van der Waals surface area contributed by atoms with Gasteiger partial charge in [0.25, 0.3) is 0 Å². The summed E-state index contributed by atoms with van der Waals surface area (Å²) in [7, 11) is -3.82. The van der Waals surface area contributed by atoms with Crippen molar-refractivity contribution in [1.29, 1.82) is 0 Å². The Morgan fingerprint density at radius 1 is 0.889 bits per heavy atom. The fourth-order valence-corrected chi connectivity index (χ4v) is 4.22. The number of sulfonamides is 1. The lowest BCUT2D eigenvalue weighted by Gasteiger charge is -2.15. The number of carbonyl (C=O) groups excluding carboxylic acids is 1. The molecule has 2 N–H and O–H groups in total. The van der Waals surface area contributed by atoms with Gasteiger partial charge in [-0.25, -0.2) is 8.42 Å². The van der Waals surface area contributed by atoms with Crippen LogP contribution in [0.2, 0.25) is 0 Å². The van der Waals surface area contributed by atoms with Crippen molar-refractivity contribution in [2.24, 2.45) is 0 Å². The van der Waals surface area contributed by atoms with Crippen molar-refractivity contribution in [1.82, 2.24) is 4.72 Å². The van der Waals surface area contributed by atoms with Crippen LogP contribution in [0.5, 0.6) is 0 Å². The number of hydrogen-bond donors (Lipinski definition) is 2. The summed E-state index contributed by atoms with van der Waals surface area (Å²) in [5.41, 5.74) is 2.69. The zero-order valence-corrected chi connectivity index (χ0v) is 16.3. The Hall–Kier alpha value is -2.70. The van der Waals surface area contributed by atoms with E-state index in [0.29, 0.717) is 5.69 Å². The zero-order chi connectivity index (χ0) is 19.6. The Kier molecular flexibility index (Phi) is 5.30. The van der Waals surface area contributed by atoms with E-state index in [0.717, 1.165) is 21.9 Å². The molecule has 27 heavy (non-hydrogen) atoms. The highest BCUT2D eigenvalue weighted by Crippen LogP contribution is 2.19. The second kappa shape index (κ2) is 7.50. The van der Waals surface area contributed by atoms with Crippen LogP contribution < -0.4 is 10.0 Å². The first kappa shape index (κ1) is 19.1. The maximum Gasteiger partial charge on any atom is 0.242 e. The summed E-state index contributed by atoms with van der Waals surface area (Å²) in [5.74, 6) is -0.413. The molecule has 6 heteroatoms. The van der Waals surface area contributed by atoms with Gasteiger partial charge in [-0.2, -0.15) is 4.72 Å². The number of rotatable bonds is 5. The van der Waals surface area contributed by atoms with Crippen LogP contribution in [0.4, 0.5) is 5.69 Å². The van der Waals surface area contributed by atoms with Gasteiger partial charge in [0.1, 0.15) is 0 Å². The first-order chi connectivity index (χ1) is 12.7. The number of aryl methyl sites for hydroxylation is 2. The average Bonchev–Trinajstić information content (AvgIpc) is 2.60. The van der Waals surface area contributed by atoms with Crippen LogP contribution in [0.1, 0.15) is 18.1 Å². The quantitative estimate of drug-likeness (QED) is 0.705. The molecular weight excluding hydrogens is 360 g/mol. The van der Waals surface area contributed by atoms with Crippen LogP contribution in [0.25, 0.3) is 10.8 Å². The number of benzene rings is 3. The molecule has 0 fully saturated rings. The van der Waals surface area contributed by atoms with Gasteiger partial charge < -0.3 is 5.32 Å². The third-order valence-electron chi connectivity index (χ3n) is 4.25. The van der Waals surface area contributed by atoms with Crippen molar-refractivity contribution in [3.63, 3.8) is 0 Å². The number of amides is 1. The van der Waals surface area contributed by atoms with E-state index in [1.165, 1.54) is 6.92 Å². The summed E-state index contributed by atoms with van der Waals surface area (Å²) >= 11 is 0. The third-order valence-corrected chi connectivity index (χ3v) is 5.78. The van der Waals surface area contributed by atoms with Crippen LogP contribution in [-0.2, 0) is 14.8 Å². The Labute approximate surface area is 159 Å². The van der Waals surface area contributed by atoms with Crippen molar-refractivity contribution in [2.45, 2.75) is 31.7 Å². The number of nitrogens with one attached hydrogen (secondary N) is 2. The van der Waals surface area contributed by atoms with E-state index < -0.39 is 22.0 Å². The highest BCUT2D eigenvalue weighted by Gasteiger charge is 2.22. The monoisotopic (exact) mass is 382 g/mol. The van der Waals surface area contributed by atoms with E-state index in [2.05, 4.69) is 10.0 Å². The molecule has 0 saturated heterocycles. The molecule has 5 nitrogen and oxygen atoms in total. The SMILES string of the molecule is Cc1cc(C)cc(NC(=O)[C@@H](C)NS(=O)(=O)c2ccc3ccccc3c2)c1. The lowest BCUT2D eigenvalue weighted by Crippen LogP contribution is -2.41. The van der Waals surface area contributed by atoms with Crippen molar-refractivity contribution in [3.8, 4) is 0 Å². The minimum absolute atomic E-state index is 0.132. The van der Waals surface area contributed by atoms with E-state index in [4.69, 9.17) is 0 Å². The minimum Gasteiger partial charge on any atom is -0.325 e.